The van der Waals surface area contributed by atoms with Gasteiger partial charge in [-0.1, -0.05) is 172 Å². The Labute approximate surface area is 383 Å². The zero-order valence-electron chi connectivity index (χ0n) is 38.8. The maximum absolute atomic E-state index is 12.5. The molecule has 0 aliphatic carbocycles. The van der Waals surface area contributed by atoms with Crippen LogP contribution in [0.3, 0.4) is 0 Å². The van der Waals surface area contributed by atoms with Gasteiger partial charge in [-0.2, -0.15) is 0 Å². The van der Waals surface area contributed by atoms with Crippen LogP contribution in [-0.2, 0) is 16.2 Å². The van der Waals surface area contributed by atoms with Gasteiger partial charge in [0.05, 0.1) is 33.7 Å². The van der Waals surface area contributed by atoms with E-state index in [-0.39, 0.29) is 22.0 Å². The number of phenols is 1. The summed E-state index contributed by atoms with van der Waals surface area (Å²) < 4.78 is 9.06. The molecule has 2 aromatic heterocycles. The van der Waals surface area contributed by atoms with Gasteiger partial charge in [0.25, 0.3) is 0 Å². The van der Waals surface area contributed by atoms with E-state index in [1.54, 1.807) is 0 Å². The van der Waals surface area contributed by atoms with Gasteiger partial charge >= 0.3 is 0 Å². The molecule has 1 aliphatic rings. The van der Waals surface area contributed by atoms with E-state index in [0.29, 0.717) is 11.4 Å². The van der Waals surface area contributed by atoms with E-state index in [9.17, 15) is 5.11 Å². The lowest BCUT2D eigenvalue weighted by molar-refractivity contribution is 0.446. The third-order valence-electron chi connectivity index (χ3n) is 12.8. The fourth-order valence-corrected chi connectivity index (χ4v) is 9.10. The first-order valence-corrected chi connectivity index (χ1v) is 22.6. The van der Waals surface area contributed by atoms with Crippen LogP contribution < -0.4 is 4.74 Å². The van der Waals surface area contributed by atoms with E-state index in [0.717, 1.165) is 95.2 Å². The van der Waals surface area contributed by atoms with E-state index < -0.39 is 0 Å². The summed E-state index contributed by atoms with van der Waals surface area (Å²) in [6.07, 6.45) is 0. The van der Waals surface area contributed by atoms with Crippen molar-refractivity contribution in [2.24, 2.45) is 0 Å². The highest BCUT2D eigenvalue weighted by Gasteiger charge is 2.30. The highest BCUT2D eigenvalue weighted by Crippen LogP contribution is 2.49. The van der Waals surface area contributed by atoms with Crippen molar-refractivity contribution in [2.75, 3.05) is 0 Å². The number of nitrogens with zero attached hydrogens (tertiary/aromatic N) is 3. The number of imidazole rings is 1. The molecule has 65 heavy (non-hydrogen) atoms. The number of phenolic OH excluding ortho intramolecular Hbond substituents is 1. The van der Waals surface area contributed by atoms with Gasteiger partial charge in [-0.15, -0.1) is 0 Å². The fourth-order valence-electron chi connectivity index (χ4n) is 9.10. The van der Waals surface area contributed by atoms with Crippen molar-refractivity contribution < 1.29 is 9.84 Å². The number of para-hydroxylation sites is 2. The molecule has 10 rings (SSSR count). The number of fused-ring (bicyclic) bond motifs is 6. The molecule has 3 heterocycles. The smallest absolute Gasteiger partial charge is 0.149 e. The SMILES string of the molecule is CC(C)(C)c1cc(-c2cccc(-c3ccccc3)c2)nc(-c2cccc3c2nc(-c2cc(C(C)(C)C)cc(C(C)(C)C)c2O)n3-c2ccc3c(c2)Oc2ccccc2-c2ccccc2-3)c1. The minimum absolute atomic E-state index is 0.163. The van der Waals surface area contributed by atoms with Gasteiger partial charge in [0.2, 0.25) is 0 Å². The minimum Gasteiger partial charge on any atom is -0.507 e. The number of hydrogen-bond donors (Lipinski definition) is 1. The van der Waals surface area contributed by atoms with Crippen molar-refractivity contribution in [1.82, 2.24) is 14.5 Å². The third-order valence-corrected chi connectivity index (χ3v) is 12.8. The molecule has 7 aromatic carbocycles. The number of hydrogen-bond acceptors (Lipinski definition) is 4. The monoisotopic (exact) mass is 849 g/mol. The number of benzene rings is 7. The summed E-state index contributed by atoms with van der Waals surface area (Å²) in [6, 6.07) is 57.4. The molecule has 0 radical (unpaired) electrons. The molecule has 0 saturated carbocycles. The lowest BCUT2D eigenvalue weighted by Gasteiger charge is -2.27. The summed E-state index contributed by atoms with van der Waals surface area (Å²) in [5.41, 5.74) is 16.0. The van der Waals surface area contributed by atoms with Crippen LogP contribution in [-0.4, -0.2) is 19.6 Å². The largest absolute Gasteiger partial charge is 0.507 e. The van der Waals surface area contributed by atoms with Crippen molar-refractivity contribution in [3.05, 3.63) is 180 Å². The van der Waals surface area contributed by atoms with Gasteiger partial charge in [0.15, 0.2) is 0 Å². The van der Waals surface area contributed by atoms with Gasteiger partial charge in [-0.3, -0.25) is 4.57 Å². The maximum atomic E-state index is 12.5. The average Bonchev–Trinajstić information content (AvgIpc) is 3.61. The third kappa shape index (κ3) is 7.59. The lowest BCUT2D eigenvalue weighted by atomic mass is 9.79. The molecule has 0 saturated heterocycles. The van der Waals surface area contributed by atoms with Crippen molar-refractivity contribution in [1.29, 1.82) is 0 Å². The molecule has 5 heteroatoms. The Morgan fingerprint density at radius 1 is 0.431 bits per heavy atom. The van der Waals surface area contributed by atoms with E-state index in [2.05, 4.69) is 212 Å². The molecule has 1 N–H and O–H groups in total. The lowest BCUT2D eigenvalue weighted by Crippen LogP contribution is -2.17. The summed E-state index contributed by atoms with van der Waals surface area (Å²) >= 11 is 0. The van der Waals surface area contributed by atoms with Crippen LogP contribution in [0.2, 0.25) is 0 Å². The predicted octanol–water partition coefficient (Wildman–Crippen LogP) is 16.1. The van der Waals surface area contributed by atoms with Crippen LogP contribution in [0.5, 0.6) is 17.2 Å². The van der Waals surface area contributed by atoms with Crippen LogP contribution in [0.25, 0.3) is 84.0 Å². The maximum Gasteiger partial charge on any atom is 0.149 e. The fraction of sp³-hybridized carbons (Fsp3) is 0.200. The Kier molecular flexibility index (Phi) is 9.95. The van der Waals surface area contributed by atoms with Crippen molar-refractivity contribution in [2.45, 2.75) is 78.6 Å². The van der Waals surface area contributed by atoms with Crippen LogP contribution in [0.4, 0.5) is 0 Å². The van der Waals surface area contributed by atoms with E-state index in [4.69, 9.17) is 14.7 Å². The molecule has 322 valence electrons. The van der Waals surface area contributed by atoms with Crippen molar-refractivity contribution in [3.8, 4) is 90.2 Å². The Morgan fingerprint density at radius 2 is 1.02 bits per heavy atom. The van der Waals surface area contributed by atoms with Gasteiger partial charge in [0, 0.05) is 33.9 Å². The van der Waals surface area contributed by atoms with Crippen molar-refractivity contribution in [3.63, 3.8) is 0 Å². The van der Waals surface area contributed by atoms with E-state index in [1.807, 2.05) is 18.2 Å². The first kappa shape index (κ1) is 41.8. The van der Waals surface area contributed by atoms with Crippen molar-refractivity contribution >= 4 is 11.0 Å². The number of rotatable bonds is 5. The molecule has 1 aliphatic heterocycles. The van der Waals surface area contributed by atoms with Gasteiger partial charge in [-0.25, -0.2) is 9.97 Å². The van der Waals surface area contributed by atoms with Gasteiger partial charge in [-0.05, 0) is 98.2 Å². The molecular weight excluding hydrogens is 795 g/mol. The number of aromatic hydroxyl groups is 1. The summed E-state index contributed by atoms with van der Waals surface area (Å²) in [6.45, 7) is 19.9. The molecule has 5 nitrogen and oxygen atoms in total. The Balaban J connectivity index is 1.24. The summed E-state index contributed by atoms with van der Waals surface area (Å²) in [5.74, 6) is 2.41. The highest BCUT2D eigenvalue weighted by molar-refractivity contribution is 5.97. The van der Waals surface area contributed by atoms with E-state index >= 15 is 0 Å². The first-order chi connectivity index (χ1) is 31.0. The van der Waals surface area contributed by atoms with E-state index in [1.165, 1.54) is 5.56 Å². The molecular formula is C60H55N3O2. The molecule has 0 amide bonds. The molecule has 9 aromatic rings. The summed E-state index contributed by atoms with van der Waals surface area (Å²) in [7, 11) is 0. The second-order valence-corrected chi connectivity index (χ2v) is 20.5. The number of pyridine rings is 1. The molecule has 0 unspecified atom stereocenters. The van der Waals surface area contributed by atoms with Gasteiger partial charge < -0.3 is 9.84 Å². The van der Waals surface area contributed by atoms with Crippen LogP contribution in [0, 0.1) is 0 Å². The van der Waals surface area contributed by atoms with Crippen LogP contribution in [0.1, 0.15) is 79.0 Å². The molecule has 0 bridgehead atoms. The highest BCUT2D eigenvalue weighted by atomic mass is 16.5. The summed E-state index contributed by atoms with van der Waals surface area (Å²) in [5, 5.41) is 12.5. The second-order valence-electron chi connectivity index (χ2n) is 20.5. The number of ether oxygens (including phenoxy) is 1. The Morgan fingerprint density at radius 3 is 1.72 bits per heavy atom. The molecule has 0 atom stereocenters. The topological polar surface area (TPSA) is 60.2 Å². The van der Waals surface area contributed by atoms with Crippen LogP contribution in [0.15, 0.2) is 164 Å². The second kappa shape index (κ2) is 15.5. The summed E-state index contributed by atoms with van der Waals surface area (Å²) in [4.78, 5) is 11.1. The number of aromatic nitrogens is 3. The van der Waals surface area contributed by atoms with Gasteiger partial charge in [0.1, 0.15) is 23.1 Å². The molecule has 0 spiro atoms. The standard InChI is InChI=1S/C60H55N3O2/c1-58(2,3)40-32-48(56(64)49(33-40)60(7,8)9)57-62-55-47(51-35-41(59(4,5)6)34-50(61-51)39-22-17-21-38(31-39)37-19-11-10-12-20-37)26-18-27-52(55)63(57)42-29-30-46-44-24-14-13-23-43(44)45-25-15-16-28-53(45)65-54(46)36-42/h10-36,64H,1-9H3. The normalized spacial score (nSPS) is 12.6. The first-order valence-electron chi connectivity index (χ1n) is 22.6. The quantitative estimate of drug-likeness (QED) is 0.187. The zero-order valence-corrected chi connectivity index (χ0v) is 38.8. The minimum atomic E-state index is -0.341. The predicted molar refractivity (Wildman–Crippen MR) is 269 cm³/mol. The molecule has 0 fully saturated rings. The zero-order chi connectivity index (χ0) is 45.4. The Bertz CT molecular complexity index is 3300. The Hall–Kier alpha value is -7.24. The average molecular weight is 850 g/mol. The van der Waals surface area contributed by atoms with Crippen LogP contribution >= 0.6 is 0 Å².